The Morgan fingerprint density at radius 3 is 2.74 bits per heavy atom. The first-order chi connectivity index (χ1) is 8.70. The summed E-state index contributed by atoms with van der Waals surface area (Å²) in [5.74, 6) is 0.220. The fraction of sp³-hybridized carbons (Fsp3) is 1.00. The summed E-state index contributed by atoms with van der Waals surface area (Å²) in [6, 6.07) is 0. The maximum Gasteiger partial charge on any atom is 0.213 e. The van der Waals surface area contributed by atoms with E-state index in [0.717, 1.165) is 6.42 Å². The maximum absolute atomic E-state index is 12.1. The van der Waals surface area contributed by atoms with Gasteiger partial charge in [-0.05, 0) is 26.7 Å². The Morgan fingerprint density at radius 1 is 1.42 bits per heavy atom. The number of sulfone groups is 1. The number of nitrogens with one attached hydrogen (secondary N) is 2. The van der Waals surface area contributed by atoms with Gasteiger partial charge in [0.25, 0.3) is 0 Å². The van der Waals surface area contributed by atoms with Crippen LogP contribution in [0.15, 0.2) is 0 Å². The molecule has 6 nitrogen and oxygen atoms in total. The van der Waals surface area contributed by atoms with Gasteiger partial charge in [-0.15, -0.1) is 0 Å². The quantitative estimate of drug-likeness (QED) is 0.729. The molecule has 2 fully saturated rings. The van der Waals surface area contributed by atoms with Crippen molar-refractivity contribution in [3.63, 3.8) is 0 Å². The monoisotopic (exact) mass is 310 g/mol. The third kappa shape index (κ3) is 2.81. The van der Waals surface area contributed by atoms with Crippen molar-refractivity contribution in [2.24, 2.45) is 5.41 Å². The Balaban J connectivity index is 2.18. The minimum atomic E-state index is -3.35. The van der Waals surface area contributed by atoms with Crippen molar-refractivity contribution in [1.82, 2.24) is 10.0 Å². The lowest BCUT2D eigenvalue weighted by molar-refractivity contribution is 0.282. The topological polar surface area (TPSA) is 92.3 Å². The number of hydrogen-bond acceptors (Lipinski definition) is 5. The van der Waals surface area contributed by atoms with E-state index in [9.17, 15) is 16.8 Å². The highest BCUT2D eigenvalue weighted by Gasteiger charge is 2.52. The molecule has 2 atom stereocenters. The lowest BCUT2D eigenvalue weighted by atomic mass is 9.82. The van der Waals surface area contributed by atoms with Gasteiger partial charge in [0.1, 0.15) is 0 Å². The molecule has 0 aromatic heterocycles. The van der Waals surface area contributed by atoms with E-state index in [4.69, 9.17) is 0 Å². The smallest absolute Gasteiger partial charge is 0.213 e. The molecule has 8 heteroatoms. The van der Waals surface area contributed by atoms with Gasteiger partial charge in [-0.2, -0.15) is 0 Å². The van der Waals surface area contributed by atoms with Crippen molar-refractivity contribution in [3.05, 3.63) is 0 Å². The van der Waals surface area contributed by atoms with Gasteiger partial charge in [0, 0.05) is 25.0 Å². The van der Waals surface area contributed by atoms with Crippen LogP contribution in [0.1, 0.15) is 26.7 Å². The summed E-state index contributed by atoms with van der Waals surface area (Å²) in [7, 11) is -6.46. The summed E-state index contributed by atoms with van der Waals surface area (Å²) in [5.41, 5.74) is -0.473. The fourth-order valence-corrected chi connectivity index (χ4v) is 6.05. The lowest BCUT2D eigenvalue weighted by Gasteiger charge is -2.38. The van der Waals surface area contributed by atoms with Gasteiger partial charge < -0.3 is 5.32 Å². The molecular formula is C11H22N2O4S2. The second-order valence-corrected chi connectivity index (χ2v) is 10.5. The van der Waals surface area contributed by atoms with E-state index in [-0.39, 0.29) is 12.3 Å². The van der Waals surface area contributed by atoms with E-state index in [1.54, 1.807) is 13.8 Å². The Labute approximate surface area is 115 Å². The molecule has 2 aliphatic heterocycles. The fourth-order valence-electron chi connectivity index (χ4n) is 2.98. The van der Waals surface area contributed by atoms with Gasteiger partial charge >= 0.3 is 0 Å². The van der Waals surface area contributed by atoms with E-state index in [1.807, 2.05) is 0 Å². The van der Waals surface area contributed by atoms with Crippen molar-refractivity contribution in [3.8, 4) is 0 Å². The molecule has 2 N–H and O–H groups in total. The van der Waals surface area contributed by atoms with E-state index in [2.05, 4.69) is 10.0 Å². The third-order valence-electron chi connectivity index (χ3n) is 4.27. The number of hydrogen-bond donors (Lipinski definition) is 2. The first-order valence-corrected chi connectivity index (χ1v) is 9.87. The lowest BCUT2D eigenvalue weighted by Crippen LogP contribution is -2.52. The van der Waals surface area contributed by atoms with Gasteiger partial charge in [-0.3, -0.25) is 0 Å². The molecule has 2 heterocycles. The van der Waals surface area contributed by atoms with Crippen LogP contribution < -0.4 is 10.0 Å². The zero-order chi connectivity index (χ0) is 14.3. The molecule has 0 radical (unpaired) electrons. The summed E-state index contributed by atoms with van der Waals surface area (Å²) in [4.78, 5) is 0. The standard InChI is InChI=1S/C11H22N2O4S2/c1-9(2)19(16,17)13-8-11-4-3-5-18(14,15)10(11)6-12-7-11/h9-10,12-13H,3-8H2,1-2H3. The van der Waals surface area contributed by atoms with Gasteiger partial charge in [0.2, 0.25) is 10.0 Å². The highest BCUT2D eigenvalue weighted by molar-refractivity contribution is 7.92. The molecule has 0 aromatic carbocycles. The van der Waals surface area contributed by atoms with Crippen molar-refractivity contribution in [2.45, 2.75) is 37.2 Å². The molecule has 0 amide bonds. The maximum atomic E-state index is 12.1. The Hall–Kier alpha value is -0.180. The van der Waals surface area contributed by atoms with Crippen LogP contribution in [-0.2, 0) is 19.9 Å². The summed E-state index contributed by atoms with van der Waals surface area (Å²) in [5, 5.41) is 2.15. The molecular weight excluding hydrogens is 288 g/mol. The molecule has 112 valence electrons. The van der Waals surface area contributed by atoms with Gasteiger partial charge in [0.15, 0.2) is 9.84 Å². The van der Waals surface area contributed by atoms with Crippen molar-refractivity contribution in [2.75, 3.05) is 25.4 Å². The highest BCUT2D eigenvalue weighted by Crippen LogP contribution is 2.39. The molecule has 0 aliphatic carbocycles. The minimum Gasteiger partial charge on any atom is -0.315 e. The first-order valence-electron chi connectivity index (χ1n) is 6.60. The molecule has 0 aromatic rings. The van der Waals surface area contributed by atoms with Crippen molar-refractivity contribution < 1.29 is 16.8 Å². The van der Waals surface area contributed by atoms with Crippen LogP contribution in [0, 0.1) is 5.41 Å². The molecule has 0 spiro atoms. The predicted molar refractivity (Wildman–Crippen MR) is 74.2 cm³/mol. The average molecular weight is 310 g/mol. The highest BCUT2D eigenvalue weighted by atomic mass is 32.2. The van der Waals surface area contributed by atoms with Crippen molar-refractivity contribution >= 4 is 19.9 Å². The van der Waals surface area contributed by atoms with Crippen LogP contribution >= 0.6 is 0 Å². The van der Waals surface area contributed by atoms with Gasteiger partial charge in [0.05, 0.1) is 16.3 Å². The van der Waals surface area contributed by atoms with Crippen LogP contribution in [0.4, 0.5) is 0 Å². The molecule has 0 saturated carbocycles. The molecule has 19 heavy (non-hydrogen) atoms. The van der Waals surface area contributed by atoms with Crippen molar-refractivity contribution in [1.29, 1.82) is 0 Å². The molecule has 2 unspecified atom stereocenters. The van der Waals surface area contributed by atoms with E-state index < -0.39 is 35.8 Å². The van der Waals surface area contributed by atoms with E-state index >= 15 is 0 Å². The number of sulfonamides is 1. The molecule has 2 rings (SSSR count). The van der Waals surface area contributed by atoms with Crippen LogP contribution in [0.3, 0.4) is 0 Å². The normalized spacial score (nSPS) is 34.4. The third-order valence-corrected chi connectivity index (χ3v) is 8.45. The SMILES string of the molecule is CC(C)S(=O)(=O)NCC12CCCS(=O)(=O)C1CNC2. The Kier molecular flexibility index (Phi) is 3.99. The second-order valence-electron chi connectivity index (χ2n) is 5.87. The number of fused-ring (bicyclic) bond motifs is 1. The first kappa shape index (κ1) is 15.2. The Morgan fingerprint density at radius 2 is 2.11 bits per heavy atom. The van der Waals surface area contributed by atoms with Crippen LogP contribution in [0.25, 0.3) is 0 Å². The van der Waals surface area contributed by atoms with Gasteiger partial charge in [-0.25, -0.2) is 21.6 Å². The zero-order valence-corrected chi connectivity index (χ0v) is 13.0. The molecule has 0 bridgehead atoms. The predicted octanol–water partition coefficient (Wildman–Crippen LogP) is -0.519. The number of rotatable bonds is 4. The molecule has 2 aliphatic rings. The van der Waals surface area contributed by atoms with Crippen LogP contribution in [0.2, 0.25) is 0 Å². The summed E-state index contributed by atoms with van der Waals surface area (Å²) in [6.45, 7) is 4.44. The van der Waals surface area contributed by atoms with E-state index in [1.165, 1.54) is 0 Å². The van der Waals surface area contributed by atoms with Crippen LogP contribution in [0.5, 0.6) is 0 Å². The zero-order valence-electron chi connectivity index (χ0n) is 11.3. The van der Waals surface area contributed by atoms with Crippen LogP contribution in [-0.4, -0.2) is 52.7 Å². The average Bonchev–Trinajstić information content (AvgIpc) is 2.72. The summed E-state index contributed by atoms with van der Waals surface area (Å²) < 4.78 is 50.5. The molecule has 2 saturated heterocycles. The largest absolute Gasteiger partial charge is 0.315 e. The summed E-state index contributed by atoms with van der Waals surface area (Å²) >= 11 is 0. The van der Waals surface area contributed by atoms with E-state index in [0.29, 0.717) is 19.5 Å². The minimum absolute atomic E-state index is 0.213. The summed E-state index contributed by atoms with van der Waals surface area (Å²) in [6.07, 6.45) is 1.37. The Bertz CT molecular complexity index is 541. The van der Waals surface area contributed by atoms with Gasteiger partial charge in [-0.1, -0.05) is 0 Å². The second kappa shape index (κ2) is 4.98.